The number of nitrogens with zero attached hydrogens (tertiary/aromatic N) is 2. The minimum atomic E-state index is -0.241. The molecule has 0 aliphatic rings. The summed E-state index contributed by atoms with van der Waals surface area (Å²) in [6.45, 7) is 0.848. The maximum absolute atomic E-state index is 13.0. The standard InChI is InChI=1S/C29H24ClN3O3/c1-35-28-14-9-21(15-23(28)19-36-26-12-10-24(30)11-13-26)29(34)32-25-16-31-33(18-25)17-22-7-4-6-20-5-2-3-8-27(20)22/h2-16,18H,17,19H2,1H3,(H,32,34). The van der Waals surface area contributed by atoms with E-state index in [0.29, 0.717) is 34.3 Å². The van der Waals surface area contributed by atoms with E-state index in [4.69, 9.17) is 21.1 Å². The highest BCUT2D eigenvalue weighted by atomic mass is 35.5. The number of amides is 1. The lowest BCUT2D eigenvalue weighted by Gasteiger charge is -2.12. The first kappa shape index (κ1) is 23.5. The van der Waals surface area contributed by atoms with Crippen molar-refractivity contribution < 1.29 is 14.3 Å². The lowest BCUT2D eigenvalue weighted by molar-refractivity contribution is 0.102. The van der Waals surface area contributed by atoms with Crippen LogP contribution in [0.3, 0.4) is 0 Å². The van der Waals surface area contributed by atoms with E-state index >= 15 is 0 Å². The van der Waals surface area contributed by atoms with E-state index in [9.17, 15) is 4.79 Å². The van der Waals surface area contributed by atoms with Crippen LogP contribution in [0.4, 0.5) is 5.69 Å². The third-order valence-electron chi connectivity index (χ3n) is 5.85. The number of benzene rings is 4. The second-order valence-electron chi connectivity index (χ2n) is 8.29. The fourth-order valence-electron chi connectivity index (χ4n) is 4.05. The zero-order chi connectivity index (χ0) is 24.9. The number of rotatable bonds is 8. The molecule has 0 aliphatic carbocycles. The second-order valence-corrected chi connectivity index (χ2v) is 8.72. The third-order valence-corrected chi connectivity index (χ3v) is 6.11. The molecule has 0 fully saturated rings. The molecule has 1 N–H and O–H groups in total. The average Bonchev–Trinajstić information content (AvgIpc) is 3.35. The van der Waals surface area contributed by atoms with Gasteiger partial charge in [0.25, 0.3) is 5.91 Å². The van der Waals surface area contributed by atoms with Gasteiger partial charge in [-0.1, -0.05) is 54.1 Å². The van der Waals surface area contributed by atoms with E-state index in [0.717, 1.165) is 11.1 Å². The molecule has 0 bridgehead atoms. The molecule has 5 aromatic rings. The van der Waals surface area contributed by atoms with Gasteiger partial charge < -0.3 is 14.8 Å². The summed E-state index contributed by atoms with van der Waals surface area (Å²) in [6, 6.07) is 26.9. The van der Waals surface area contributed by atoms with Crippen LogP contribution in [0.2, 0.25) is 5.02 Å². The lowest BCUT2D eigenvalue weighted by Crippen LogP contribution is -2.12. The molecule has 1 heterocycles. The van der Waals surface area contributed by atoms with E-state index in [1.54, 1.807) is 55.8 Å². The summed E-state index contributed by atoms with van der Waals surface area (Å²) < 4.78 is 13.1. The summed E-state index contributed by atoms with van der Waals surface area (Å²) in [5.41, 5.74) is 3.03. The number of carbonyl (C=O) groups excluding carboxylic acids is 1. The number of hydrogen-bond donors (Lipinski definition) is 1. The summed E-state index contributed by atoms with van der Waals surface area (Å²) in [4.78, 5) is 13.0. The van der Waals surface area contributed by atoms with Crippen LogP contribution in [0.15, 0.2) is 97.3 Å². The topological polar surface area (TPSA) is 65.4 Å². The number of aromatic nitrogens is 2. The Kier molecular flexibility index (Phi) is 6.87. The van der Waals surface area contributed by atoms with Crippen molar-refractivity contribution in [1.82, 2.24) is 9.78 Å². The van der Waals surface area contributed by atoms with Gasteiger partial charge in [-0.3, -0.25) is 9.48 Å². The van der Waals surface area contributed by atoms with Crippen LogP contribution in [-0.2, 0) is 13.2 Å². The maximum atomic E-state index is 13.0. The lowest BCUT2D eigenvalue weighted by atomic mass is 10.0. The van der Waals surface area contributed by atoms with Gasteiger partial charge in [0, 0.05) is 22.3 Å². The maximum Gasteiger partial charge on any atom is 0.255 e. The van der Waals surface area contributed by atoms with E-state index in [-0.39, 0.29) is 12.5 Å². The summed E-state index contributed by atoms with van der Waals surface area (Å²) in [7, 11) is 1.59. The number of anilines is 1. The zero-order valence-electron chi connectivity index (χ0n) is 19.6. The van der Waals surface area contributed by atoms with E-state index in [2.05, 4.69) is 34.7 Å². The third kappa shape index (κ3) is 5.34. The molecule has 5 rings (SSSR count). The number of hydrogen-bond acceptors (Lipinski definition) is 4. The largest absolute Gasteiger partial charge is 0.496 e. The zero-order valence-corrected chi connectivity index (χ0v) is 20.4. The first-order valence-electron chi connectivity index (χ1n) is 11.4. The van der Waals surface area contributed by atoms with Gasteiger partial charge in [0.1, 0.15) is 18.1 Å². The number of fused-ring (bicyclic) bond motifs is 1. The SMILES string of the molecule is COc1ccc(C(=O)Nc2cnn(Cc3cccc4ccccc34)c2)cc1COc1ccc(Cl)cc1. The normalized spacial score (nSPS) is 10.8. The molecule has 0 unspecified atom stereocenters. The number of carbonyl (C=O) groups is 1. The first-order chi connectivity index (χ1) is 17.6. The van der Waals surface area contributed by atoms with Crippen molar-refractivity contribution in [2.75, 3.05) is 12.4 Å². The molecule has 1 aromatic heterocycles. The molecule has 0 radical (unpaired) electrons. The Hall–Kier alpha value is -4.29. The van der Waals surface area contributed by atoms with Gasteiger partial charge in [-0.25, -0.2) is 0 Å². The Bertz CT molecular complexity index is 1510. The van der Waals surface area contributed by atoms with Crippen LogP contribution in [0.5, 0.6) is 11.5 Å². The van der Waals surface area contributed by atoms with Crippen molar-refractivity contribution in [2.24, 2.45) is 0 Å². The molecule has 0 saturated heterocycles. The highest BCUT2D eigenvalue weighted by molar-refractivity contribution is 6.30. The van der Waals surface area contributed by atoms with Gasteiger partial charge in [-0.2, -0.15) is 5.10 Å². The predicted octanol–water partition coefficient (Wildman–Crippen LogP) is 6.58. The van der Waals surface area contributed by atoms with Crippen molar-refractivity contribution in [3.05, 3.63) is 119 Å². The first-order valence-corrected chi connectivity index (χ1v) is 11.8. The van der Waals surface area contributed by atoms with Crippen molar-refractivity contribution in [3.8, 4) is 11.5 Å². The Morgan fingerprint density at radius 2 is 1.78 bits per heavy atom. The van der Waals surface area contributed by atoms with Crippen molar-refractivity contribution in [2.45, 2.75) is 13.2 Å². The molecule has 1 amide bonds. The summed E-state index contributed by atoms with van der Waals surface area (Å²) in [6.07, 6.45) is 3.48. The quantitative estimate of drug-likeness (QED) is 0.263. The molecular formula is C29H24ClN3O3. The second kappa shape index (κ2) is 10.5. The van der Waals surface area contributed by atoms with Crippen LogP contribution < -0.4 is 14.8 Å². The average molecular weight is 498 g/mol. The highest BCUT2D eigenvalue weighted by Gasteiger charge is 2.13. The van der Waals surface area contributed by atoms with E-state index in [1.165, 1.54) is 10.8 Å². The summed E-state index contributed by atoms with van der Waals surface area (Å²) in [5.74, 6) is 1.08. The molecule has 0 aliphatic heterocycles. The van der Waals surface area contributed by atoms with Gasteiger partial charge in [-0.15, -0.1) is 0 Å². The Labute approximate surface area is 214 Å². The van der Waals surface area contributed by atoms with Crippen LogP contribution in [-0.4, -0.2) is 22.8 Å². The van der Waals surface area contributed by atoms with Crippen molar-refractivity contribution in [3.63, 3.8) is 0 Å². The van der Waals surface area contributed by atoms with Crippen LogP contribution in [0.25, 0.3) is 10.8 Å². The van der Waals surface area contributed by atoms with Gasteiger partial charge in [0.15, 0.2) is 0 Å². The van der Waals surface area contributed by atoms with Crippen LogP contribution in [0, 0.1) is 0 Å². The van der Waals surface area contributed by atoms with Gasteiger partial charge >= 0.3 is 0 Å². The fourth-order valence-corrected chi connectivity index (χ4v) is 4.17. The predicted molar refractivity (Wildman–Crippen MR) is 142 cm³/mol. The number of ether oxygens (including phenoxy) is 2. The molecule has 4 aromatic carbocycles. The molecule has 7 heteroatoms. The molecule has 6 nitrogen and oxygen atoms in total. The minimum absolute atomic E-state index is 0.241. The number of halogens is 1. The minimum Gasteiger partial charge on any atom is -0.496 e. The molecule has 0 atom stereocenters. The molecule has 0 saturated carbocycles. The Morgan fingerprint density at radius 1 is 0.972 bits per heavy atom. The van der Waals surface area contributed by atoms with Crippen molar-refractivity contribution in [1.29, 1.82) is 0 Å². The molecular weight excluding hydrogens is 474 g/mol. The summed E-state index contributed by atoms with van der Waals surface area (Å²) >= 11 is 5.94. The molecule has 180 valence electrons. The van der Waals surface area contributed by atoms with Gasteiger partial charge in [0.2, 0.25) is 0 Å². The number of methoxy groups -OCH3 is 1. The highest BCUT2D eigenvalue weighted by Crippen LogP contribution is 2.24. The van der Waals surface area contributed by atoms with E-state index in [1.807, 2.05) is 29.1 Å². The van der Waals surface area contributed by atoms with E-state index < -0.39 is 0 Å². The number of nitrogens with one attached hydrogen (secondary N) is 1. The van der Waals surface area contributed by atoms with Gasteiger partial charge in [-0.05, 0) is 58.8 Å². The smallest absolute Gasteiger partial charge is 0.255 e. The Morgan fingerprint density at radius 3 is 2.61 bits per heavy atom. The van der Waals surface area contributed by atoms with Crippen LogP contribution in [0.1, 0.15) is 21.5 Å². The molecule has 36 heavy (non-hydrogen) atoms. The Balaban J connectivity index is 1.28. The van der Waals surface area contributed by atoms with Crippen molar-refractivity contribution >= 4 is 34.0 Å². The monoisotopic (exact) mass is 497 g/mol. The summed E-state index contributed by atoms with van der Waals surface area (Å²) in [5, 5.41) is 10.4. The fraction of sp³-hybridized carbons (Fsp3) is 0.103. The van der Waals surface area contributed by atoms with Crippen LogP contribution >= 0.6 is 11.6 Å². The van der Waals surface area contributed by atoms with Gasteiger partial charge in [0.05, 0.1) is 25.5 Å². The molecule has 0 spiro atoms.